The van der Waals surface area contributed by atoms with Crippen molar-refractivity contribution in [2.75, 3.05) is 0 Å². The van der Waals surface area contributed by atoms with Crippen molar-refractivity contribution < 1.29 is 0 Å². The van der Waals surface area contributed by atoms with Crippen LogP contribution in [0, 0.1) is 6.92 Å². The normalized spacial score (nSPS) is 10.6. The summed E-state index contributed by atoms with van der Waals surface area (Å²) in [5.74, 6) is 0.461. The van der Waals surface area contributed by atoms with E-state index in [0.29, 0.717) is 5.88 Å². The molecule has 0 bridgehead atoms. The van der Waals surface area contributed by atoms with Gasteiger partial charge in [0.1, 0.15) is 10.0 Å². The average Bonchev–Trinajstić information content (AvgIpc) is 2.76. The quantitative estimate of drug-likeness (QED) is 0.780. The van der Waals surface area contributed by atoms with E-state index in [-0.39, 0.29) is 0 Å². The lowest BCUT2D eigenvalue weighted by Crippen LogP contribution is -1.90. The van der Waals surface area contributed by atoms with E-state index < -0.39 is 0 Å². The van der Waals surface area contributed by atoms with Crippen molar-refractivity contribution in [2.45, 2.75) is 25.6 Å². The molecule has 0 saturated carbocycles. The fraction of sp³-hybridized carbons (Fsp3) is 0.333. The first-order valence-corrected chi connectivity index (χ1v) is 6.56. The van der Waals surface area contributed by atoms with E-state index in [2.05, 4.69) is 41.4 Å². The van der Waals surface area contributed by atoms with Crippen LogP contribution >= 0.6 is 22.9 Å². The zero-order chi connectivity index (χ0) is 11.4. The molecule has 0 radical (unpaired) electrons. The van der Waals surface area contributed by atoms with Crippen LogP contribution in [0.1, 0.15) is 21.1 Å². The largest absolute Gasteiger partial charge is 0.144 e. The summed E-state index contributed by atoms with van der Waals surface area (Å²) < 4.78 is 0. The zero-order valence-corrected chi connectivity index (χ0v) is 10.7. The van der Waals surface area contributed by atoms with Crippen molar-refractivity contribution in [1.82, 2.24) is 10.2 Å². The molecular weight excluding hydrogens is 240 g/mol. The molecule has 0 fully saturated rings. The molecule has 0 amide bonds. The summed E-state index contributed by atoms with van der Waals surface area (Å²) in [5, 5.41) is 10.1. The van der Waals surface area contributed by atoms with Crippen molar-refractivity contribution in [3.63, 3.8) is 0 Å². The zero-order valence-electron chi connectivity index (χ0n) is 9.11. The van der Waals surface area contributed by atoms with E-state index in [4.69, 9.17) is 11.6 Å². The Kier molecular flexibility index (Phi) is 3.91. The SMILES string of the molecule is Cc1ccc(CCc2nnc(CCl)s2)cc1. The van der Waals surface area contributed by atoms with Crippen LogP contribution in [0.4, 0.5) is 0 Å². The van der Waals surface area contributed by atoms with Gasteiger partial charge >= 0.3 is 0 Å². The van der Waals surface area contributed by atoms with Crippen molar-refractivity contribution in [3.05, 3.63) is 45.4 Å². The van der Waals surface area contributed by atoms with Crippen molar-refractivity contribution in [2.24, 2.45) is 0 Å². The van der Waals surface area contributed by atoms with Crippen molar-refractivity contribution in [1.29, 1.82) is 0 Å². The third-order valence-electron chi connectivity index (χ3n) is 2.37. The molecule has 0 aliphatic carbocycles. The Morgan fingerprint density at radius 1 is 1.06 bits per heavy atom. The number of aromatic nitrogens is 2. The van der Waals surface area contributed by atoms with Gasteiger partial charge in [0.2, 0.25) is 0 Å². The Labute approximate surface area is 104 Å². The highest BCUT2D eigenvalue weighted by Gasteiger charge is 2.03. The van der Waals surface area contributed by atoms with Gasteiger partial charge in [-0.25, -0.2) is 0 Å². The number of hydrogen-bond acceptors (Lipinski definition) is 3. The molecule has 4 heteroatoms. The minimum Gasteiger partial charge on any atom is -0.144 e. The monoisotopic (exact) mass is 252 g/mol. The Balaban J connectivity index is 1.94. The van der Waals surface area contributed by atoms with Crippen LogP contribution in [0.5, 0.6) is 0 Å². The molecule has 1 heterocycles. The molecule has 0 aliphatic heterocycles. The summed E-state index contributed by atoms with van der Waals surface area (Å²) in [6.45, 7) is 2.10. The standard InChI is InChI=1S/C12H13ClN2S/c1-9-2-4-10(5-3-9)6-7-11-14-15-12(8-13)16-11/h2-5H,6-8H2,1H3. The third kappa shape index (κ3) is 3.03. The summed E-state index contributed by atoms with van der Waals surface area (Å²) in [6, 6.07) is 8.61. The topological polar surface area (TPSA) is 25.8 Å². The van der Waals surface area contributed by atoms with Crippen LogP contribution in [0.25, 0.3) is 0 Å². The van der Waals surface area contributed by atoms with E-state index in [1.165, 1.54) is 11.1 Å². The fourth-order valence-electron chi connectivity index (χ4n) is 1.45. The molecule has 0 N–H and O–H groups in total. The number of aryl methyl sites for hydroxylation is 3. The average molecular weight is 253 g/mol. The summed E-state index contributed by atoms with van der Waals surface area (Å²) in [6.07, 6.45) is 1.95. The fourth-order valence-corrected chi connectivity index (χ4v) is 2.36. The predicted molar refractivity (Wildman–Crippen MR) is 68.1 cm³/mol. The molecule has 84 valence electrons. The van der Waals surface area contributed by atoms with Gasteiger partial charge in [-0.1, -0.05) is 29.8 Å². The smallest absolute Gasteiger partial charge is 0.132 e. The van der Waals surface area contributed by atoms with E-state index in [9.17, 15) is 0 Å². The second-order valence-electron chi connectivity index (χ2n) is 3.71. The molecule has 16 heavy (non-hydrogen) atoms. The first-order chi connectivity index (χ1) is 7.78. The Hall–Kier alpha value is -0.930. The van der Waals surface area contributed by atoms with Gasteiger partial charge < -0.3 is 0 Å². The maximum atomic E-state index is 5.68. The van der Waals surface area contributed by atoms with Gasteiger partial charge in [-0.2, -0.15) is 0 Å². The maximum absolute atomic E-state index is 5.68. The van der Waals surface area contributed by atoms with Crippen LogP contribution in [-0.4, -0.2) is 10.2 Å². The van der Waals surface area contributed by atoms with Crippen molar-refractivity contribution >= 4 is 22.9 Å². The second-order valence-corrected chi connectivity index (χ2v) is 5.12. The molecule has 2 rings (SSSR count). The van der Waals surface area contributed by atoms with Gasteiger partial charge in [0.25, 0.3) is 0 Å². The van der Waals surface area contributed by atoms with Crippen LogP contribution in [-0.2, 0) is 18.7 Å². The number of rotatable bonds is 4. The Bertz CT molecular complexity index is 450. The van der Waals surface area contributed by atoms with E-state index >= 15 is 0 Å². The van der Waals surface area contributed by atoms with E-state index in [0.717, 1.165) is 22.9 Å². The molecule has 0 atom stereocenters. The Morgan fingerprint density at radius 2 is 1.75 bits per heavy atom. The van der Waals surface area contributed by atoms with Gasteiger partial charge in [0, 0.05) is 6.42 Å². The highest BCUT2D eigenvalue weighted by atomic mass is 35.5. The van der Waals surface area contributed by atoms with Crippen LogP contribution < -0.4 is 0 Å². The van der Waals surface area contributed by atoms with Crippen LogP contribution in [0.2, 0.25) is 0 Å². The van der Waals surface area contributed by atoms with Gasteiger partial charge in [-0.3, -0.25) is 0 Å². The van der Waals surface area contributed by atoms with Crippen molar-refractivity contribution in [3.8, 4) is 0 Å². The van der Waals surface area contributed by atoms with Gasteiger partial charge in [0.05, 0.1) is 5.88 Å². The lowest BCUT2D eigenvalue weighted by molar-refractivity contribution is 0.896. The van der Waals surface area contributed by atoms with Gasteiger partial charge in [0.15, 0.2) is 0 Å². The molecule has 0 spiro atoms. The second kappa shape index (κ2) is 5.41. The predicted octanol–water partition coefficient (Wildman–Crippen LogP) is 3.37. The molecule has 0 aliphatic rings. The number of halogens is 1. The van der Waals surface area contributed by atoms with Crippen LogP contribution in [0.15, 0.2) is 24.3 Å². The first-order valence-electron chi connectivity index (χ1n) is 5.20. The maximum Gasteiger partial charge on any atom is 0.132 e. The summed E-state index contributed by atoms with van der Waals surface area (Å²) in [7, 11) is 0. The lowest BCUT2D eigenvalue weighted by Gasteiger charge is -1.99. The molecule has 0 unspecified atom stereocenters. The number of hydrogen-bond donors (Lipinski definition) is 0. The minimum absolute atomic E-state index is 0.461. The third-order valence-corrected chi connectivity index (χ3v) is 3.77. The molecule has 2 nitrogen and oxygen atoms in total. The highest BCUT2D eigenvalue weighted by molar-refractivity contribution is 7.11. The van der Waals surface area contributed by atoms with E-state index in [1.54, 1.807) is 11.3 Å². The number of benzene rings is 1. The summed E-state index contributed by atoms with van der Waals surface area (Å²) in [5.41, 5.74) is 2.64. The summed E-state index contributed by atoms with van der Waals surface area (Å²) >= 11 is 7.28. The molecule has 0 saturated heterocycles. The lowest BCUT2D eigenvalue weighted by atomic mass is 10.1. The molecule has 1 aromatic carbocycles. The minimum atomic E-state index is 0.461. The number of alkyl halides is 1. The molecular formula is C12H13ClN2S. The highest BCUT2D eigenvalue weighted by Crippen LogP contribution is 2.14. The summed E-state index contributed by atoms with van der Waals surface area (Å²) in [4.78, 5) is 0. The number of nitrogens with zero attached hydrogens (tertiary/aromatic N) is 2. The Morgan fingerprint density at radius 3 is 2.38 bits per heavy atom. The van der Waals surface area contributed by atoms with Crippen LogP contribution in [0.3, 0.4) is 0 Å². The van der Waals surface area contributed by atoms with Gasteiger partial charge in [-0.05, 0) is 18.9 Å². The van der Waals surface area contributed by atoms with E-state index in [1.807, 2.05) is 0 Å². The first kappa shape index (κ1) is 11.6. The van der Waals surface area contributed by atoms with Gasteiger partial charge in [-0.15, -0.1) is 33.1 Å². The molecule has 1 aromatic heterocycles. The molecule has 2 aromatic rings.